The molecule has 0 unspecified atom stereocenters. The number of pyridine rings is 2. The van der Waals surface area contributed by atoms with E-state index in [0.29, 0.717) is 17.7 Å². The second kappa shape index (κ2) is 10.3. The lowest BCUT2D eigenvalue weighted by molar-refractivity contribution is 0.0999. The molecule has 3 rings (SSSR count). The molecule has 1 amide bonds. The van der Waals surface area contributed by atoms with E-state index in [1.54, 1.807) is 24.4 Å². The average molecular weight is 399 g/mol. The molecule has 152 valence electrons. The van der Waals surface area contributed by atoms with Crippen LogP contribution in [0.5, 0.6) is 11.5 Å². The van der Waals surface area contributed by atoms with Crippen LogP contribution >= 0.6 is 0 Å². The molecule has 0 bridgehead atoms. The van der Waals surface area contributed by atoms with Crippen LogP contribution in [0.2, 0.25) is 0 Å². The van der Waals surface area contributed by atoms with Crippen molar-refractivity contribution in [3.05, 3.63) is 71.8 Å². The van der Waals surface area contributed by atoms with Gasteiger partial charge in [0.2, 0.25) is 5.91 Å². The van der Waals surface area contributed by atoms with Gasteiger partial charge in [0, 0.05) is 29.1 Å². The van der Waals surface area contributed by atoms with E-state index in [1.165, 1.54) is 18.5 Å². The Bertz CT molecular complexity index is 978. The number of nitrogens with two attached hydrogens (primary N) is 1. The summed E-state index contributed by atoms with van der Waals surface area (Å²) in [4.78, 5) is 19.4. The number of hydrogen-bond donors (Lipinski definition) is 1. The molecule has 2 N–H and O–H groups in total. The van der Waals surface area contributed by atoms with Gasteiger partial charge >= 0.3 is 0 Å². The second-order valence-corrected chi connectivity index (χ2v) is 5.86. The summed E-state index contributed by atoms with van der Waals surface area (Å²) in [5.74, 6) is 0.114. The van der Waals surface area contributed by atoms with E-state index in [0.717, 1.165) is 22.9 Å². The Morgan fingerprint density at radius 1 is 1.00 bits per heavy atom. The van der Waals surface area contributed by atoms with Crippen LogP contribution in [0.4, 0.5) is 8.78 Å². The topological polar surface area (TPSA) is 78.1 Å². The van der Waals surface area contributed by atoms with Crippen LogP contribution in [-0.4, -0.2) is 15.9 Å². The van der Waals surface area contributed by atoms with Crippen LogP contribution in [0.3, 0.4) is 0 Å². The number of aryl methyl sites for hydroxylation is 1. The number of ether oxygens (including phenoxy) is 1. The number of amides is 1. The maximum atomic E-state index is 12.8. The average Bonchev–Trinajstić information content (AvgIpc) is 2.75. The summed E-state index contributed by atoms with van der Waals surface area (Å²) < 4.78 is 31.2. The van der Waals surface area contributed by atoms with Gasteiger partial charge in [0.05, 0.1) is 12.4 Å². The van der Waals surface area contributed by atoms with Crippen molar-refractivity contribution in [1.29, 1.82) is 0 Å². The Morgan fingerprint density at radius 3 is 2.28 bits per heavy atom. The highest BCUT2D eigenvalue weighted by atomic mass is 19.3. The third kappa shape index (κ3) is 5.57. The summed E-state index contributed by atoms with van der Waals surface area (Å²) in [5, 5.41) is 0. The number of aromatic nitrogens is 2. The van der Waals surface area contributed by atoms with Crippen molar-refractivity contribution in [3.63, 3.8) is 0 Å². The highest BCUT2D eigenvalue weighted by Gasteiger charge is 2.11. The quantitative estimate of drug-likeness (QED) is 0.588. The molecule has 0 aliphatic rings. The predicted molar refractivity (Wildman–Crippen MR) is 108 cm³/mol. The van der Waals surface area contributed by atoms with Gasteiger partial charge in [-0.05, 0) is 35.7 Å². The zero-order valence-electron chi connectivity index (χ0n) is 16.5. The summed E-state index contributed by atoms with van der Waals surface area (Å²) in [6.45, 7) is 5.94. The van der Waals surface area contributed by atoms with E-state index in [9.17, 15) is 13.6 Å². The predicted octanol–water partition coefficient (Wildman–Crippen LogP) is 5.56. The second-order valence-electron chi connectivity index (χ2n) is 5.86. The Morgan fingerprint density at radius 2 is 1.66 bits per heavy atom. The lowest BCUT2D eigenvalue weighted by Gasteiger charge is -2.10. The number of nitrogens with zero attached hydrogens (tertiary/aromatic N) is 2. The third-order valence-corrected chi connectivity index (χ3v) is 4.02. The number of carbonyl (C=O) groups is 1. The molecule has 2 heterocycles. The Balaban J connectivity index is 0.00000145. The number of carbonyl (C=O) groups excluding carboxylic acids is 1. The lowest BCUT2D eigenvalue weighted by atomic mass is 9.98. The van der Waals surface area contributed by atoms with E-state index in [2.05, 4.69) is 9.97 Å². The summed E-state index contributed by atoms with van der Waals surface area (Å²) in [6.07, 6.45) is 3.62. The number of alkyl halides is 2. The standard InChI is InChI=1S/C20H17F2N3O2.C2H6/c1-2-12-5-13(3-4-18(12)20(23)26)14-6-16(10-24-8-14)27-17-7-15(19(21)22)9-25-11-17;1-2/h3-11,19H,2H2,1H3,(H2,23,26);1-2H3. The normalized spacial score (nSPS) is 10.3. The minimum absolute atomic E-state index is 0.199. The Hall–Kier alpha value is -3.35. The lowest BCUT2D eigenvalue weighted by Crippen LogP contribution is -2.13. The number of hydrogen-bond acceptors (Lipinski definition) is 4. The van der Waals surface area contributed by atoms with Crippen LogP contribution in [-0.2, 0) is 6.42 Å². The van der Waals surface area contributed by atoms with Crippen LogP contribution in [0.1, 0.15) is 48.7 Å². The number of benzene rings is 1. The molecule has 0 atom stereocenters. The van der Waals surface area contributed by atoms with Crippen molar-refractivity contribution < 1.29 is 18.3 Å². The van der Waals surface area contributed by atoms with Crippen molar-refractivity contribution >= 4 is 5.91 Å². The molecule has 0 radical (unpaired) electrons. The van der Waals surface area contributed by atoms with Gasteiger partial charge in [-0.25, -0.2) is 8.78 Å². The fraction of sp³-hybridized carbons (Fsp3) is 0.227. The van der Waals surface area contributed by atoms with Crippen LogP contribution in [0, 0.1) is 0 Å². The third-order valence-electron chi connectivity index (χ3n) is 4.02. The van der Waals surface area contributed by atoms with Crippen LogP contribution in [0.25, 0.3) is 11.1 Å². The zero-order valence-corrected chi connectivity index (χ0v) is 16.5. The number of primary amides is 1. The first-order chi connectivity index (χ1) is 14.0. The summed E-state index contributed by atoms with van der Waals surface area (Å²) in [7, 11) is 0. The molecule has 0 saturated heterocycles. The minimum atomic E-state index is -2.62. The number of rotatable bonds is 6. The molecule has 5 nitrogen and oxygen atoms in total. The number of halogens is 2. The van der Waals surface area contributed by atoms with Crippen molar-refractivity contribution in [2.24, 2.45) is 5.73 Å². The molecule has 0 aliphatic heterocycles. The molecule has 3 aromatic rings. The Labute approximate surface area is 168 Å². The monoisotopic (exact) mass is 399 g/mol. The van der Waals surface area contributed by atoms with Crippen molar-refractivity contribution in [2.75, 3.05) is 0 Å². The zero-order chi connectivity index (χ0) is 21.4. The molecular formula is C22H23F2N3O2. The highest BCUT2D eigenvalue weighted by Crippen LogP contribution is 2.29. The summed E-state index contributed by atoms with van der Waals surface area (Å²) in [5.41, 5.74) is 8.09. The first kappa shape index (κ1) is 21.9. The van der Waals surface area contributed by atoms with Crippen LogP contribution < -0.4 is 10.5 Å². The summed E-state index contributed by atoms with van der Waals surface area (Å²) in [6, 6.07) is 8.31. The van der Waals surface area contributed by atoms with Crippen molar-refractivity contribution in [2.45, 2.75) is 33.6 Å². The van der Waals surface area contributed by atoms with Gasteiger partial charge in [-0.3, -0.25) is 14.8 Å². The Kier molecular flexibility index (Phi) is 7.77. The summed E-state index contributed by atoms with van der Waals surface area (Å²) >= 11 is 0. The highest BCUT2D eigenvalue weighted by molar-refractivity contribution is 5.95. The van der Waals surface area contributed by atoms with E-state index >= 15 is 0 Å². The molecule has 7 heteroatoms. The smallest absolute Gasteiger partial charge is 0.265 e. The molecule has 1 aromatic carbocycles. The maximum absolute atomic E-state index is 12.8. The molecule has 2 aromatic heterocycles. The van der Waals surface area contributed by atoms with Gasteiger partial charge in [0.15, 0.2) is 0 Å². The van der Waals surface area contributed by atoms with Gasteiger partial charge in [-0.2, -0.15) is 0 Å². The van der Waals surface area contributed by atoms with Gasteiger partial charge < -0.3 is 10.5 Å². The molecule has 0 fully saturated rings. The van der Waals surface area contributed by atoms with Crippen molar-refractivity contribution in [3.8, 4) is 22.6 Å². The molecule has 0 saturated carbocycles. The van der Waals surface area contributed by atoms with E-state index in [-0.39, 0.29) is 11.3 Å². The largest absolute Gasteiger partial charge is 0.454 e. The fourth-order valence-electron chi connectivity index (χ4n) is 2.69. The molecule has 29 heavy (non-hydrogen) atoms. The van der Waals surface area contributed by atoms with Crippen molar-refractivity contribution in [1.82, 2.24) is 9.97 Å². The van der Waals surface area contributed by atoms with Gasteiger partial charge in [0.1, 0.15) is 11.5 Å². The first-order valence-electron chi connectivity index (χ1n) is 9.27. The molecule has 0 aliphatic carbocycles. The van der Waals surface area contributed by atoms with E-state index in [1.807, 2.05) is 26.8 Å². The maximum Gasteiger partial charge on any atom is 0.265 e. The fourth-order valence-corrected chi connectivity index (χ4v) is 2.69. The van der Waals surface area contributed by atoms with Crippen LogP contribution in [0.15, 0.2) is 55.1 Å². The molecular weight excluding hydrogens is 376 g/mol. The van der Waals surface area contributed by atoms with Gasteiger partial charge in [0.25, 0.3) is 6.43 Å². The van der Waals surface area contributed by atoms with Gasteiger partial charge in [-0.15, -0.1) is 0 Å². The first-order valence-corrected chi connectivity index (χ1v) is 9.27. The minimum Gasteiger partial charge on any atom is -0.454 e. The molecule has 0 spiro atoms. The van der Waals surface area contributed by atoms with Gasteiger partial charge in [-0.1, -0.05) is 32.9 Å². The van der Waals surface area contributed by atoms with E-state index < -0.39 is 12.3 Å². The SMILES string of the molecule is CC.CCc1cc(-c2cncc(Oc3cncc(C(F)F)c3)c2)ccc1C(N)=O. The van der Waals surface area contributed by atoms with E-state index in [4.69, 9.17) is 10.5 Å².